The van der Waals surface area contributed by atoms with E-state index in [4.69, 9.17) is 4.74 Å². The van der Waals surface area contributed by atoms with Crippen molar-refractivity contribution in [2.45, 2.75) is 37.8 Å². The van der Waals surface area contributed by atoms with E-state index in [1.165, 1.54) is 24.9 Å². The minimum Gasteiger partial charge on any atom is -0.373 e. The van der Waals surface area contributed by atoms with E-state index >= 15 is 0 Å². The molecule has 4 rings (SSSR count). The summed E-state index contributed by atoms with van der Waals surface area (Å²) in [4.78, 5) is 16.9. The van der Waals surface area contributed by atoms with Crippen LogP contribution >= 0.6 is 0 Å². The number of nitrogens with zero attached hydrogens (tertiary/aromatic N) is 2. The summed E-state index contributed by atoms with van der Waals surface area (Å²) < 4.78 is 5.93. The van der Waals surface area contributed by atoms with Gasteiger partial charge in [-0.25, -0.2) is 4.79 Å². The molecule has 0 bridgehead atoms. The van der Waals surface area contributed by atoms with Crippen molar-refractivity contribution in [2.75, 3.05) is 39.3 Å². The second-order valence-corrected chi connectivity index (χ2v) is 7.72. The van der Waals surface area contributed by atoms with Crippen LogP contribution in [0.5, 0.6) is 0 Å². The van der Waals surface area contributed by atoms with E-state index < -0.39 is 0 Å². The second-order valence-electron chi connectivity index (χ2n) is 7.72. The fourth-order valence-corrected chi connectivity index (χ4v) is 4.45. The Morgan fingerprint density at radius 3 is 2.92 bits per heavy atom. The highest BCUT2D eigenvalue weighted by Gasteiger charge is 2.33. The van der Waals surface area contributed by atoms with Gasteiger partial charge in [-0.1, -0.05) is 30.3 Å². The van der Waals surface area contributed by atoms with Crippen molar-refractivity contribution in [1.29, 1.82) is 0 Å². The number of carbonyl (C=O) groups excluding carboxylic acids is 1. The summed E-state index contributed by atoms with van der Waals surface area (Å²) in [6, 6.07) is 11.3. The average Bonchev–Trinajstić information content (AvgIpc) is 3.29. The fourth-order valence-electron chi connectivity index (χ4n) is 4.45. The van der Waals surface area contributed by atoms with E-state index in [2.05, 4.69) is 40.5 Å². The maximum absolute atomic E-state index is 12.5. The van der Waals surface area contributed by atoms with Gasteiger partial charge >= 0.3 is 6.03 Å². The molecule has 5 nitrogen and oxygen atoms in total. The van der Waals surface area contributed by atoms with Crippen LogP contribution in [0, 0.1) is 5.92 Å². The first-order valence-electron chi connectivity index (χ1n) is 9.70. The number of likely N-dealkylation sites (tertiary alicyclic amines) is 1. The third kappa shape index (κ3) is 4.15. The number of hydrogen-bond acceptors (Lipinski definition) is 3. The zero-order valence-corrected chi connectivity index (χ0v) is 14.9. The molecule has 25 heavy (non-hydrogen) atoms. The van der Waals surface area contributed by atoms with E-state index in [-0.39, 0.29) is 12.1 Å². The molecule has 0 saturated carbocycles. The summed E-state index contributed by atoms with van der Waals surface area (Å²) in [6.07, 6.45) is 4.84. The zero-order chi connectivity index (χ0) is 17.1. The first-order valence-corrected chi connectivity index (χ1v) is 9.70. The number of nitrogens with one attached hydrogen (secondary N) is 1. The highest BCUT2D eigenvalue weighted by Crippen LogP contribution is 2.23. The standard InChI is InChI=1S/C20H29N3O2/c24-20(21-12-19-14-22-9-4-7-18(22)15-25-19)23-10-8-17(13-23)11-16-5-2-1-3-6-16/h1-3,5-6,17-19H,4,7-15H2,(H,21,24). The Kier molecular flexibility index (Phi) is 5.22. The number of benzene rings is 1. The van der Waals surface area contributed by atoms with Crippen molar-refractivity contribution in [1.82, 2.24) is 15.1 Å². The van der Waals surface area contributed by atoms with Crippen LogP contribution in [0.15, 0.2) is 30.3 Å². The molecule has 3 heterocycles. The summed E-state index contributed by atoms with van der Waals surface area (Å²) >= 11 is 0. The Balaban J connectivity index is 1.20. The van der Waals surface area contributed by atoms with Crippen LogP contribution in [-0.2, 0) is 11.2 Å². The molecular formula is C20H29N3O2. The largest absolute Gasteiger partial charge is 0.373 e. The number of urea groups is 1. The van der Waals surface area contributed by atoms with Crippen LogP contribution in [-0.4, -0.2) is 67.3 Å². The van der Waals surface area contributed by atoms with Crippen LogP contribution in [0.25, 0.3) is 0 Å². The molecule has 3 fully saturated rings. The number of fused-ring (bicyclic) bond motifs is 1. The molecule has 1 aromatic rings. The lowest BCUT2D eigenvalue weighted by molar-refractivity contribution is -0.0460. The molecule has 3 saturated heterocycles. The van der Waals surface area contributed by atoms with Crippen LogP contribution in [0.4, 0.5) is 4.79 Å². The van der Waals surface area contributed by atoms with Gasteiger partial charge < -0.3 is 15.0 Å². The maximum atomic E-state index is 12.5. The zero-order valence-electron chi connectivity index (χ0n) is 14.9. The first-order chi connectivity index (χ1) is 12.3. The number of carbonyl (C=O) groups is 1. The average molecular weight is 343 g/mol. The number of ether oxygens (including phenoxy) is 1. The molecule has 3 atom stereocenters. The predicted molar refractivity (Wildman–Crippen MR) is 97.6 cm³/mol. The van der Waals surface area contributed by atoms with Gasteiger partial charge in [0, 0.05) is 32.2 Å². The quantitative estimate of drug-likeness (QED) is 0.911. The van der Waals surface area contributed by atoms with Crippen LogP contribution in [0.1, 0.15) is 24.8 Å². The van der Waals surface area contributed by atoms with Crippen molar-refractivity contribution >= 4 is 6.03 Å². The van der Waals surface area contributed by atoms with Crippen LogP contribution in [0.2, 0.25) is 0 Å². The predicted octanol–water partition coefficient (Wildman–Crippen LogP) is 2.12. The highest BCUT2D eigenvalue weighted by atomic mass is 16.5. The lowest BCUT2D eigenvalue weighted by atomic mass is 9.99. The van der Waals surface area contributed by atoms with Gasteiger partial charge in [-0.05, 0) is 43.7 Å². The monoisotopic (exact) mass is 343 g/mol. The molecule has 1 N–H and O–H groups in total. The summed E-state index contributed by atoms with van der Waals surface area (Å²) in [6.45, 7) is 5.32. The van der Waals surface area contributed by atoms with Crippen molar-refractivity contribution in [3.63, 3.8) is 0 Å². The molecule has 3 aliphatic rings. The first kappa shape index (κ1) is 16.9. The smallest absolute Gasteiger partial charge is 0.317 e. The third-order valence-corrected chi connectivity index (χ3v) is 5.88. The normalized spacial score (nSPS) is 29.6. The van der Waals surface area contributed by atoms with E-state index in [1.807, 2.05) is 4.90 Å². The summed E-state index contributed by atoms with van der Waals surface area (Å²) in [5, 5.41) is 3.09. The van der Waals surface area contributed by atoms with Crippen molar-refractivity contribution in [3.8, 4) is 0 Å². The summed E-state index contributed by atoms with van der Waals surface area (Å²) in [5.74, 6) is 0.574. The molecule has 136 valence electrons. The van der Waals surface area contributed by atoms with E-state index in [0.29, 0.717) is 18.5 Å². The lowest BCUT2D eigenvalue weighted by Crippen LogP contribution is -2.51. The molecule has 5 heteroatoms. The summed E-state index contributed by atoms with van der Waals surface area (Å²) in [7, 11) is 0. The van der Waals surface area contributed by atoms with Gasteiger partial charge in [0.15, 0.2) is 0 Å². The van der Waals surface area contributed by atoms with Crippen molar-refractivity contribution < 1.29 is 9.53 Å². The Morgan fingerprint density at radius 2 is 2.04 bits per heavy atom. The van der Waals surface area contributed by atoms with Gasteiger partial charge in [0.25, 0.3) is 0 Å². The third-order valence-electron chi connectivity index (χ3n) is 5.88. The van der Waals surface area contributed by atoms with Crippen LogP contribution < -0.4 is 5.32 Å². The SMILES string of the molecule is O=C(NCC1CN2CCCC2CO1)N1CCC(Cc2ccccc2)C1. The van der Waals surface area contributed by atoms with Gasteiger partial charge in [0.2, 0.25) is 0 Å². The number of rotatable bonds is 4. The van der Waals surface area contributed by atoms with Crippen molar-refractivity contribution in [2.24, 2.45) is 5.92 Å². The Hall–Kier alpha value is -1.59. The Morgan fingerprint density at radius 1 is 1.16 bits per heavy atom. The van der Waals surface area contributed by atoms with Gasteiger partial charge in [-0.2, -0.15) is 0 Å². The number of morpholine rings is 1. The molecule has 0 aliphatic carbocycles. The summed E-state index contributed by atoms with van der Waals surface area (Å²) in [5.41, 5.74) is 1.37. The molecule has 3 aliphatic heterocycles. The molecule has 0 radical (unpaired) electrons. The van der Waals surface area contributed by atoms with E-state index in [9.17, 15) is 4.79 Å². The topological polar surface area (TPSA) is 44.8 Å². The number of amides is 2. The van der Waals surface area contributed by atoms with Gasteiger partial charge in [-0.15, -0.1) is 0 Å². The minimum atomic E-state index is 0.0720. The Bertz CT molecular complexity index is 580. The Labute approximate surface area is 150 Å². The minimum absolute atomic E-state index is 0.0720. The molecule has 2 amide bonds. The lowest BCUT2D eigenvalue weighted by Gasteiger charge is -2.35. The molecule has 1 aromatic carbocycles. The van der Waals surface area contributed by atoms with Gasteiger partial charge in [-0.3, -0.25) is 4.90 Å². The van der Waals surface area contributed by atoms with Gasteiger partial charge in [0.1, 0.15) is 0 Å². The second kappa shape index (κ2) is 7.75. The molecule has 0 spiro atoms. The molecule has 3 unspecified atom stereocenters. The van der Waals surface area contributed by atoms with E-state index in [1.54, 1.807) is 0 Å². The highest BCUT2D eigenvalue weighted by molar-refractivity contribution is 5.74. The maximum Gasteiger partial charge on any atom is 0.317 e. The molecule has 0 aromatic heterocycles. The molecular weight excluding hydrogens is 314 g/mol. The van der Waals surface area contributed by atoms with Crippen LogP contribution in [0.3, 0.4) is 0 Å². The number of hydrogen-bond donors (Lipinski definition) is 1. The van der Waals surface area contributed by atoms with Crippen molar-refractivity contribution in [3.05, 3.63) is 35.9 Å². The fraction of sp³-hybridized carbons (Fsp3) is 0.650. The van der Waals surface area contributed by atoms with E-state index in [0.717, 1.165) is 39.1 Å². The van der Waals surface area contributed by atoms with Gasteiger partial charge in [0.05, 0.1) is 12.7 Å².